The Labute approximate surface area is 202 Å². The number of rotatable bonds is 6. The van der Waals surface area contributed by atoms with Crippen LogP contribution in [0.5, 0.6) is 5.75 Å². The molecule has 0 aliphatic carbocycles. The first-order chi connectivity index (χ1) is 17.2. The number of amidine groups is 1. The molecule has 0 saturated heterocycles. The van der Waals surface area contributed by atoms with Crippen molar-refractivity contribution in [3.05, 3.63) is 59.9 Å². The van der Waals surface area contributed by atoms with Gasteiger partial charge in [-0.25, -0.2) is 9.98 Å². The van der Waals surface area contributed by atoms with E-state index < -0.39 is 18.6 Å². The van der Waals surface area contributed by atoms with Gasteiger partial charge in [-0.05, 0) is 29.8 Å². The number of amides is 1. The maximum absolute atomic E-state index is 12.7. The summed E-state index contributed by atoms with van der Waals surface area (Å²) in [6.45, 7) is -1.28. The van der Waals surface area contributed by atoms with E-state index in [-0.39, 0.29) is 18.1 Å². The number of halogens is 3. The smallest absolute Gasteiger partial charge is 0.405 e. The van der Waals surface area contributed by atoms with E-state index in [0.717, 1.165) is 11.0 Å². The van der Waals surface area contributed by atoms with Crippen molar-refractivity contribution in [2.24, 2.45) is 10.7 Å². The highest BCUT2D eigenvalue weighted by atomic mass is 19.4. The zero-order chi connectivity index (χ0) is 25.4. The van der Waals surface area contributed by atoms with Gasteiger partial charge in [0.25, 0.3) is 5.91 Å². The van der Waals surface area contributed by atoms with E-state index >= 15 is 0 Å². The van der Waals surface area contributed by atoms with Gasteiger partial charge < -0.3 is 31.5 Å². The number of carbonyl (C=O) groups is 1. The van der Waals surface area contributed by atoms with Gasteiger partial charge in [0, 0.05) is 23.5 Å². The Balaban J connectivity index is 1.45. The summed E-state index contributed by atoms with van der Waals surface area (Å²) in [4.78, 5) is 24.5. The minimum absolute atomic E-state index is 0.0359. The average Bonchev–Trinajstić information content (AvgIpc) is 3.44. The number of aliphatic imine (C=N–C) groups is 1. The highest BCUT2D eigenvalue weighted by Gasteiger charge is 2.30. The second-order valence-electron chi connectivity index (χ2n) is 7.96. The number of methoxy groups -OCH3 is 1. The molecule has 36 heavy (non-hydrogen) atoms. The normalized spacial score (nSPS) is 13.1. The summed E-state index contributed by atoms with van der Waals surface area (Å²) in [5, 5.41) is 5.09. The fourth-order valence-corrected chi connectivity index (χ4v) is 3.93. The van der Waals surface area contributed by atoms with Crippen LogP contribution < -0.4 is 26.5 Å². The van der Waals surface area contributed by atoms with Gasteiger partial charge in [-0.3, -0.25) is 9.47 Å². The van der Waals surface area contributed by atoms with Crippen LogP contribution >= 0.6 is 0 Å². The van der Waals surface area contributed by atoms with Crippen LogP contribution in [-0.4, -0.2) is 52.9 Å². The molecule has 186 valence electrons. The third kappa shape index (κ3) is 4.50. The van der Waals surface area contributed by atoms with E-state index in [4.69, 9.17) is 10.5 Å². The molecule has 13 heteroatoms. The lowest BCUT2D eigenvalue weighted by molar-refractivity contribution is -0.123. The summed E-state index contributed by atoms with van der Waals surface area (Å²) in [7, 11) is 1.58. The van der Waals surface area contributed by atoms with Gasteiger partial charge in [-0.1, -0.05) is 12.1 Å². The number of aromatic amines is 1. The zero-order valence-electron chi connectivity index (χ0n) is 18.9. The van der Waals surface area contributed by atoms with Gasteiger partial charge in [0.2, 0.25) is 5.95 Å². The summed E-state index contributed by atoms with van der Waals surface area (Å²) in [5.74, 6) is 0.502. The van der Waals surface area contributed by atoms with Crippen LogP contribution in [0.15, 0.2) is 53.7 Å². The van der Waals surface area contributed by atoms with Crippen LogP contribution in [-0.2, 0) is 0 Å². The molecule has 5 rings (SSSR count). The van der Waals surface area contributed by atoms with E-state index in [0.29, 0.717) is 34.2 Å². The number of aromatic nitrogens is 3. The first kappa shape index (κ1) is 23.1. The molecule has 2 aromatic carbocycles. The minimum Gasteiger partial charge on any atom is -0.497 e. The van der Waals surface area contributed by atoms with Crippen LogP contribution in [0.2, 0.25) is 0 Å². The molecule has 0 fully saturated rings. The number of benzene rings is 2. The number of H-pyrrole nitrogens is 1. The number of nitrogens with one attached hydrogen (secondary N) is 4. The summed E-state index contributed by atoms with van der Waals surface area (Å²) in [6.07, 6.45) is -3.13. The lowest BCUT2D eigenvalue weighted by atomic mass is 10.00. The number of nitrogens with zero attached hydrogens (tertiary/aromatic N) is 3. The SMILES string of the molecule is COc1ccc2nc(Nc3ccc(-c4c(C(=O)NCC(F)(F)F)cn5c4C(N)=NCN5)cc3)[nH]c2c1. The summed E-state index contributed by atoms with van der Waals surface area (Å²) < 4.78 is 44.8. The largest absolute Gasteiger partial charge is 0.497 e. The number of ether oxygens (including phenoxy) is 1. The number of alkyl halides is 3. The number of nitrogens with two attached hydrogens (primary N) is 1. The summed E-state index contributed by atoms with van der Waals surface area (Å²) in [6, 6.07) is 12.5. The fraction of sp³-hybridized carbons (Fsp3) is 0.174. The number of anilines is 2. The lowest BCUT2D eigenvalue weighted by Crippen LogP contribution is -2.33. The molecule has 0 radical (unpaired) electrons. The molecule has 0 saturated carbocycles. The third-order valence-corrected chi connectivity index (χ3v) is 5.56. The zero-order valence-corrected chi connectivity index (χ0v) is 18.9. The fourth-order valence-electron chi connectivity index (χ4n) is 3.93. The van der Waals surface area contributed by atoms with Crippen LogP contribution in [0.3, 0.4) is 0 Å². The molecule has 1 amide bonds. The lowest BCUT2D eigenvalue weighted by Gasteiger charge is -2.17. The van der Waals surface area contributed by atoms with Crippen molar-refractivity contribution in [2.45, 2.75) is 6.18 Å². The number of hydrogen-bond donors (Lipinski definition) is 5. The van der Waals surface area contributed by atoms with Crippen molar-refractivity contribution in [3.63, 3.8) is 0 Å². The molecule has 6 N–H and O–H groups in total. The molecular weight excluding hydrogens is 477 g/mol. The number of carbonyl (C=O) groups excluding carboxylic acids is 1. The third-order valence-electron chi connectivity index (χ3n) is 5.56. The molecule has 1 aliphatic heterocycles. The standard InChI is InChI=1S/C23H21F3N8O2/c1-36-14-6-7-16-17(8-14)33-22(32-16)31-13-4-2-12(3-5-13)18-15(21(35)28-10-23(24,25)26)9-34-19(18)20(27)29-11-30-34/h2-9,30H,10-11H2,1H3,(H2,27,29)(H,28,35)(H2,31,32,33). The number of hydrogen-bond acceptors (Lipinski definition) is 7. The number of imidazole rings is 1. The van der Waals surface area contributed by atoms with Gasteiger partial charge >= 0.3 is 6.18 Å². The highest BCUT2D eigenvalue weighted by Crippen LogP contribution is 2.32. The van der Waals surface area contributed by atoms with Gasteiger partial charge in [0.1, 0.15) is 30.5 Å². The second kappa shape index (κ2) is 8.83. The molecule has 0 bridgehead atoms. The van der Waals surface area contributed by atoms with E-state index in [1.807, 2.05) is 23.5 Å². The van der Waals surface area contributed by atoms with Crippen molar-refractivity contribution in [1.82, 2.24) is 20.0 Å². The Morgan fingerprint density at radius 3 is 2.72 bits per heavy atom. The van der Waals surface area contributed by atoms with Crippen molar-refractivity contribution in [3.8, 4) is 16.9 Å². The van der Waals surface area contributed by atoms with E-state index in [1.165, 1.54) is 10.9 Å². The monoisotopic (exact) mass is 498 g/mol. The van der Waals surface area contributed by atoms with Gasteiger partial charge in [-0.2, -0.15) is 13.2 Å². The molecule has 0 atom stereocenters. The predicted molar refractivity (Wildman–Crippen MR) is 129 cm³/mol. The Morgan fingerprint density at radius 1 is 1.22 bits per heavy atom. The molecule has 1 aliphatic rings. The van der Waals surface area contributed by atoms with Crippen LogP contribution in [0.4, 0.5) is 24.8 Å². The molecule has 0 unspecified atom stereocenters. The van der Waals surface area contributed by atoms with Crippen molar-refractivity contribution in [2.75, 3.05) is 31.1 Å². The molecule has 10 nitrogen and oxygen atoms in total. The molecule has 0 spiro atoms. The Hall–Kier alpha value is -4.68. The van der Waals surface area contributed by atoms with Gasteiger partial charge in [-0.15, -0.1) is 0 Å². The van der Waals surface area contributed by atoms with E-state index in [9.17, 15) is 18.0 Å². The Bertz CT molecular complexity index is 1470. The van der Waals surface area contributed by atoms with E-state index in [1.54, 1.807) is 31.4 Å². The predicted octanol–water partition coefficient (Wildman–Crippen LogP) is 3.30. The quantitative estimate of drug-likeness (QED) is 0.277. The number of fused-ring (bicyclic) bond motifs is 2. The first-order valence-corrected chi connectivity index (χ1v) is 10.8. The minimum atomic E-state index is -4.54. The summed E-state index contributed by atoms with van der Waals surface area (Å²) in [5.41, 5.74) is 12.6. The van der Waals surface area contributed by atoms with Crippen LogP contribution in [0, 0.1) is 0 Å². The Morgan fingerprint density at radius 2 is 2.00 bits per heavy atom. The molecule has 4 aromatic rings. The van der Waals surface area contributed by atoms with Crippen molar-refractivity contribution >= 4 is 34.4 Å². The maximum atomic E-state index is 12.7. The van der Waals surface area contributed by atoms with Crippen molar-refractivity contribution in [1.29, 1.82) is 0 Å². The summed E-state index contributed by atoms with van der Waals surface area (Å²) >= 11 is 0. The van der Waals surface area contributed by atoms with Crippen molar-refractivity contribution < 1.29 is 22.7 Å². The average molecular weight is 498 g/mol. The topological polar surface area (TPSA) is 134 Å². The van der Waals surface area contributed by atoms with Gasteiger partial charge in [0.15, 0.2) is 0 Å². The van der Waals surface area contributed by atoms with Crippen LogP contribution in [0.1, 0.15) is 16.1 Å². The second-order valence-corrected chi connectivity index (χ2v) is 7.96. The van der Waals surface area contributed by atoms with Crippen LogP contribution in [0.25, 0.3) is 22.2 Å². The highest BCUT2D eigenvalue weighted by molar-refractivity contribution is 6.10. The maximum Gasteiger partial charge on any atom is 0.405 e. The Kier molecular flexibility index (Phi) is 5.66. The molecular formula is C23H21F3N8O2. The van der Waals surface area contributed by atoms with Gasteiger partial charge in [0.05, 0.1) is 23.7 Å². The van der Waals surface area contributed by atoms with E-state index in [2.05, 4.69) is 25.7 Å². The molecule has 2 aromatic heterocycles. The first-order valence-electron chi connectivity index (χ1n) is 10.8. The molecule has 3 heterocycles.